The topological polar surface area (TPSA) is 102 Å². The maximum absolute atomic E-state index is 11.8. The molecule has 1 aromatic carbocycles. The van der Waals surface area contributed by atoms with Crippen LogP contribution < -0.4 is 5.32 Å². The van der Waals surface area contributed by atoms with Crippen molar-refractivity contribution in [1.82, 2.24) is 15.5 Å². The summed E-state index contributed by atoms with van der Waals surface area (Å²) in [6.07, 6.45) is 1.93. The van der Waals surface area contributed by atoms with Crippen LogP contribution in [-0.2, 0) is 21.1 Å². The number of nitrogens with one attached hydrogen (secondary N) is 1. The largest absolute Gasteiger partial charge is 0.349 e. The summed E-state index contributed by atoms with van der Waals surface area (Å²) in [6, 6.07) is 8.92. The lowest BCUT2D eigenvalue weighted by Gasteiger charge is -2.08. The molecule has 2 heterocycles. The van der Waals surface area contributed by atoms with Gasteiger partial charge in [0.05, 0.1) is 11.8 Å². The molecule has 1 N–H and O–H groups in total. The lowest BCUT2D eigenvalue weighted by molar-refractivity contribution is -0.121. The summed E-state index contributed by atoms with van der Waals surface area (Å²) < 4.78 is 27.7. The van der Waals surface area contributed by atoms with Crippen LogP contribution in [0.3, 0.4) is 0 Å². The zero-order valence-electron chi connectivity index (χ0n) is 12.2. The van der Waals surface area contributed by atoms with Gasteiger partial charge >= 0.3 is 0 Å². The third kappa shape index (κ3) is 4.04. The van der Waals surface area contributed by atoms with E-state index in [0.29, 0.717) is 18.1 Å². The third-order valence-corrected chi connectivity index (χ3v) is 4.74. The van der Waals surface area contributed by atoms with Crippen molar-refractivity contribution in [2.24, 2.45) is 0 Å². The average Bonchev–Trinajstić information content (AvgIpc) is 3.13. The molecule has 8 heteroatoms. The Kier molecular flexibility index (Phi) is 4.24. The second-order valence-electron chi connectivity index (χ2n) is 5.21. The van der Waals surface area contributed by atoms with Crippen LogP contribution in [0.1, 0.15) is 12.3 Å². The summed E-state index contributed by atoms with van der Waals surface area (Å²) >= 11 is 0. The van der Waals surface area contributed by atoms with Crippen LogP contribution in [0.15, 0.2) is 46.3 Å². The van der Waals surface area contributed by atoms with Gasteiger partial charge in [0.2, 0.25) is 17.6 Å². The normalized spacial score (nSPS) is 18.9. The zero-order valence-corrected chi connectivity index (χ0v) is 13.0. The fourth-order valence-electron chi connectivity index (χ4n) is 2.23. The van der Waals surface area contributed by atoms with Crippen LogP contribution in [0.2, 0.25) is 0 Å². The van der Waals surface area contributed by atoms with Crippen molar-refractivity contribution in [2.75, 3.05) is 5.75 Å². The quantitative estimate of drug-likeness (QED) is 0.879. The van der Waals surface area contributed by atoms with Gasteiger partial charge in [-0.2, -0.15) is 4.98 Å². The molecule has 0 unspecified atom stereocenters. The molecule has 0 bridgehead atoms. The number of nitrogens with zero attached hydrogens (tertiary/aromatic N) is 2. The molecule has 0 saturated carbocycles. The zero-order chi connectivity index (χ0) is 16.3. The number of carbonyl (C=O) groups excluding carboxylic acids is 1. The molecule has 0 fully saturated rings. The van der Waals surface area contributed by atoms with Gasteiger partial charge in [-0.05, 0) is 6.08 Å². The predicted molar refractivity (Wildman–Crippen MR) is 82.9 cm³/mol. The maximum atomic E-state index is 11.8. The molecule has 0 radical (unpaired) electrons. The lowest BCUT2D eigenvalue weighted by atomic mass is 10.2. The van der Waals surface area contributed by atoms with Gasteiger partial charge in [-0.25, -0.2) is 8.42 Å². The fourth-order valence-corrected chi connectivity index (χ4v) is 3.46. The van der Waals surface area contributed by atoms with Crippen molar-refractivity contribution in [3.05, 3.63) is 47.7 Å². The van der Waals surface area contributed by atoms with Crippen molar-refractivity contribution >= 4 is 15.7 Å². The molecule has 23 heavy (non-hydrogen) atoms. The van der Waals surface area contributed by atoms with Crippen molar-refractivity contribution in [3.8, 4) is 11.4 Å². The van der Waals surface area contributed by atoms with E-state index in [2.05, 4.69) is 15.5 Å². The van der Waals surface area contributed by atoms with Gasteiger partial charge in [0, 0.05) is 23.8 Å². The number of rotatable bonds is 5. The Hall–Kier alpha value is -2.48. The molecule has 1 atom stereocenters. The van der Waals surface area contributed by atoms with E-state index in [9.17, 15) is 13.2 Å². The average molecular weight is 333 g/mol. The number of carbonyl (C=O) groups is 1. The Morgan fingerprint density at radius 3 is 2.78 bits per heavy atom. The van der Waals surface area contributed by atoms with Gasteiger partial charge < -0.3 is 9.84 Å². The van der Waals surface area contributed by atoms with Crippen LogP contribution in [0.4, 0.5) is 0 Å². The highest BCUT2D eigenvalue weighted by atomic mass is 32.2. The molecular weight excluding hydrogens is 318 g/mol. The SMILES string of the molecule is O=C(CCc1nc(-c2ccccc2)no1)N[C@H]1C=CS(=O)(=O)C1. The van der Waals surface area contributed by atoms with Gasteiger partial charge in [-0.1, -0.05) is 35.5 Å². The first-order chi connectivity index (χ1) is 11.0. The van der Waals surface area contributed by atoms with Crippen LogP contribution in [0.25, 0.3) is 11.4 Å². The fraction of sp³-hybridized carbons (Fsp3) is 0.267. The van der Waals surface area contributed by atoms with Crippen LogP contribution >= 0.6 is 0 Å². The van der Waals surface area contributed by atoms with Crippen molar-refractivity contribution < 1.29 is 17.7 Å². The summed E-state index contributed by atoms with van der Waals surface area (Å²) in [5.41, 5.74) is 0.841. The molecule has 1 amide bonds. The van der Waals surface area contributed by atoms with Crippen LogP contribution in [-0.4, -0.2) is 36.3 Å². The molecule has 1 aromatic heterocycles. The van der Waals surface area contributed by atoms with Crippen molar-refractivity contribution in [1.29, 1.82) is 0 Å². The third-order valence-electron chi connectivity index (χ3n) is 3.34. The molecule has 0 aliphatic carbocycles. The molecular formula is C15H15N3O4S. The molecule has 1 aliphatic rings. The molecule has 2 aromatic rings. The molecule has 0 spiro atoms. The minimum atomic E-state index is -3.17. The standard InChI is InChI=1S/C15H15N3O4S/c19-13(16-12-8-9-23(20,21)10-12)6-7-14-17-15(18-22-14)11-4-2-1-3-5-11/h1-5,8-9,12H,6-7,10H2,(H,16,19)/t12-/m0/s1. The number of hydrogen-bond donors (Lipinski definition) is 1. The smallest absolute Gasteiger partial charge is 0.227 e. The number of aryl methyl sites for hydroxylation is 1. The summed E-state index contributed by atoms with van der Waals surface area (Å²) in [4.78, 5) is 16.1. The highest BCUT2D eigenvalue weighted by Crippen LogP contribution is 2.15. The van der Waals surface area contributed by atoms with E-state index in [1.807, 2.05) is 30.3 Å². The van der Waals surface area contributed by atoms with Gasteiger partial charge in [0.15, 0.2) is 9.84 Å². The summed E-state index contributed by atoms with van der Waals surface area (Å²) in [6.45, 7) is 0. The van der Waals surface area contributed by atoms with E-state index < -0.39 is 15.9 Å². The van der Waals surface area contributed by atoms with E-state index in [1.54, 1.807) is 0 Å². The van der Waals surface area contributed by atoms with Gasteiger partial charge in [-0.3, -0.25) is 4.79 Å². The van der Waals surface area contributed by atoms with Crippen molar-refractivity contribution in [2.45, 2.75) is 18.9 Å². The minimum absolute atomic E-state index is 0.0859. The number of hydrogen-bond acceptors (Lipinski definition) is 6. The predicted octanol–water partition coefficient (Wildman–Crippen LogP) is 1.10. The first-order valence-corrected chi connectivity index (χ1v) is 8.82. The van der Waals surface area contributed by atoms with E-state index >= 15 is 0 Å². The van der Waals surface area contributed by atoms with Crippen LogP contribution in [0, 0.1) is 0 Å². The monoisotopic (exact) mass is 333 g/mol. The second kappa shape index (κ2) is 6.33. The van der Waals surface area contributed by atoms with E-state index in [-0.39, 0.29) is 18.1 Å². The highest BCUT2D eigenvalue weighted by molar-refractivity contribution is 7.94. The Labute approximate surface area is 133 Å². The van der Waals surface area contributed by atoms with Gasteiger partial charge in [0.1, 0.15) is 0 Å². The maximum Gasteiger partial charge on any atom is 0.227 e. The van der Waals surface area contributed by atoms with Gasteiger partial charge in [-0.15, -0.1) is 0 Å². The van der Waals surface area contributed by atoms with E-state index in [0.717, 1.165) is 11.0 Å². The lowest BCUT2D eigenvalue weighted by Crippen LogP contribution is -2.35. The molecule has 1 aliphatic heterocycles. The Morgan fingerprint density at radius 2 is 2.09 bits per heavy atom. The van der Waals surface area contributed by atoms with E-state index in [1.165, 1.54) is 6.08 Å². The number of sulfone groups is 1. The first kappa shape index (κ1) is 15.4. The Balaban J connectivity index is 1.52. The number of benzene rings is 1. The minimum Gasteiger partial charge on any atom is -0.349 e. The number of aromatic nitrogens is 2. The van der Waals surface area contributed by atoms with Crippen molar-refractivity contribution in [3.63, 3.8) is 0 Å². The molecule has 0 saturated heterocycles. The summed E-state index contributed by atoms with van der Waals surface area (Å²) in [5, 5.41) is 7.65. The highest BCUT2D eigenvalue weighted by Gasteiger charge is 2.23. The van der Waals surface area contributed by atoms with Gasteiger partial charge in [0.25, 0.3) is 0 Å². The Morgan fingerprint density at radius 1 is 1.30 bits per heavy atom. The summed E-state index contributed by atoms with van der Waals surface area (Å²) in [7, 11) is -3.17. The molecule has 120 valence electrons. The summed E-state index contributed by atoms with van der Waals surface area (Å²) in [5.74, 6) is 0.507. The van der Waals surface area contributed by atoms with E-state index in [4.69, 9.17) is 4.52 Å². The molecule has 7 nitrogen and oxygen atoms in total. The number of amides is 1. The first-order valence-electron chi connectivity index (χ1n) is 7.10. The Bertz CT molecular complexity index is 827. The molecule has 3 rings (SSSR count). The van der Waals surface area contributed by atoms with Crippen LogP contribution in [0.5, 0.6) is 0 Å². The second-order valence-corrected chi connectivity index (χ2v) is 7.14.